The van der Waals surface area contributed by atoms with Crippen LogP contribution in [0.2, 0.25) is 0 Å². The molecule has 0 aromatic carbocycles. The number of aromatic nitrogens is 2. The fourth-order valence-corrected chi connectivity index (χ4v) is 3.90. The molecule has 2 N–H and O–H groups in total. The van der Waals surface area contributed by atoms with E-state index >= 15 is 0 Å². The number of nitrogens with one attached hydrogen (secondary N) is 1. The molecule has 0 amide bonds. The first-order valence-electron chi connectivity index (χ1n) is 8.98. The summed E-state index contributed by atoms with van der Waals surface area (Å²) in [6.45, 7) is 3.12. The number of hydrogen-bond acceptors (Lipinski definition) is 5. The van der Waals surface area contributed by atoms with E-state index in [1.54, 1.807) is 0 Å². The van der Waals surface area contributed by atoms with Gasteiger partial charge in [0.15, 0.2) is 5.82 Å². The maximum Gasteiger partial charge on any atom is 0.229 e. The summed E-state index contributed by atoms with van der Waals surface area (Å²) >= 11 is 0. The Hall–Kier alpha value is -0.940. The standard InChI is InChI=1S/C17H29N3O2/c1-2-16-19-17(22-20-16)13-6-8-14(9-7-13)18-11-12-4-3-5-15(21)10-12/h12-15,18,21H,2-11H2,1H3. The van der Waals surface area contributed by atoms with E-state index < -0.39 is 0 Å². The number of aliphatic hydroxyl groups excluding tert-OH is 1. The lowest BCUT2D eigenvalue weighted by atomic mass is 9.84. The maximum atomic E-state index is 9.75. The van der Waals surface area contributed by atoms with Gasteiger partial charge in [0.05, 0.1) is 6.10 Å². The van der Waals surface area contributed by atoms with Crippen molar-refractivity contribution in [2.45, 2.75) is 82.8 Å². The molecule has 5 nitrogen and oxygen atoms in total. The largest absolute Gasteiger partial charge is 0.393 e. The van der Waals surface area contributed by atoms with E-state index in [-0.39, 0.29) is 6.10 Å². The van der Waals surface area contributed by atoms with Crippen molar-refractivity contribution >= 4 is 0 Å². The summed E-state index contributed by atoms with van der Waals surface area (Å²) in [6.07, 6.45) is 9.82. The number of hydrogen-bond donors (Lipinski definition) is 2. The van der Waals surface area contributed by atoms with Crippen molar-refractivity contribution < 1.29 is 9.63 Å². The van der Waals surface area contributed by atoms with Gasteiger partial charge in [-0.2, -0.15) is 4.98 Å². The van der Waals surface area contributed by atoms with Gasteiger partial charge < -0.3 is 14.9 Å². The fraction of sp³-hybridized carbons (Fsp3) is 0.882. The average Bonchev–Trinajstić information content (AvgIpc) is 3.03. The van der Waals surface area contributed by atoms with Crippen molar-refractivity contribution in [2.75, 3.05) is 6.54 Å². The van der Waals surface area contributed by atoms with Crippen LogP contribution in [-0.4, -0.2) is 33.9 Å². The minimum Gasteiger partial charge on any atom is -0.393 e. The number of aryl methyl sites for hydroxylation is 1. The van der Waals surface area contributed by atoms with E-state index in [1.165, 1.54) is 25.7 Å². The van der Waals surface area contributed by atoms with Crippen LogP contribution in [0, 0.1) is 5.92 Å². The highest BCUT2D eigenvalue weighted by atomic mass is 16.5. The highest BCUT2D eigenvalue weighted by Crippen LogP contribution is 2.32. The predicted molar refractivity (Wildman–Crippen MR) is 84.6 cm³/mol. The third-order valence-electron chi connectivity index (χ3n) is 5.33. The second-order valence-electron chi connectivity index (χ2n) is 7.05. The molecule has 22 heavy (non-hydrogen) atoms. The van der Waals surface area contributed by atoms with Crippen molar-refractivity contribution in [1.82, 2.24) is 15.5 Å². The molecule has 0 aliphatic heterocycles. The lowest BCUT2D eigenvalue weighted by molar-refractivity contribution is 0.0987. The first-order chi connectivity index (χ1) is 10.7. The quantitative estimate of drug-likeness (QED) is 0.875. The van der Waals surface area contributed by atoms with Crippen molar-refractivity contribution in [1.29, 1.82) is 0 Å². The highest BCUT2D eigenvalue weighted by molar-refractivity contribution is 4.97. The Kier molecular flexibility index (Phi) is 5.47. The second-order valence-corrected chi connectivity index (χ2v) is 7.05. The van der Waals surface area contributed by atoms with Crippen molar-refractivity contribution in [3.05, 3.63) is 11.7 Å². The molecule has 2 aliphatic rings. The number of rotatable bonds is 5. The van der Waals surface area contributed by atoms with Gasteiger partial charge in [-0.15, -0.1) is 0 Å². The van der Waals surface area contributed by atoms with Crippen LogP contribution < -0.4 is 5.32 Å². The summed E-state index contributed by atoms with van der Waals surface area (Å²) in [4.78, 5) is 4.48. The molecule has 2 atom stereocenters. The normalized spacial score (nSPS) is 33.0. The van der Waals surface area contributed by atoms with Crippen LogP contribution in [0.4, 0.5) is 0 Å². The zero-order valence-corrected chi connectivity index (χ0v) is 13.6. The van der Waals surface area contributed by atoms with Gasteiger partial charge in [0, 0.05) is 18.4 Å². The highest BCUT2D eigenvalue weighted by Gasteiger charge is 2.27. The predicted octanol–water partition coefficient (Wildman–Crippen LogP) is 2.80. The van der Waals surface area contributed by atoms with E-state index in [9.17, 15) is 5.11 Å². The van der Waals surface area contributed by atoms with E-state index in [0.29, 0.717) is 17.9 Å². The zero-order valence-electron chi connectivity index (χ0n) is 13.6. The third kappa shape index (κ3) is 4.07. The summed E-state index contributed by atoms with van der Waals surface area (Å²) in [5.41, 5.74) is 0. The van der Waals surface area contributed by atoms with Gasteiger partial charge in [0.25, 0.3) is 0 Å². The van der Waals surface area contributed by atoms with Gasteiger partial charge in [-0.1, -0.05) is 18.5 Å². The van der Waals surface area contributed by atoms with Crippen LogP contribution in [0.15, 0.2) is 4.52 Å². The van der Waals surface area contributed by atoms with Gasteiger partial charge in [0.2, 0.25) is 5.89 Å². The fourth-order valence-electron chi connectivity index (χ4n) is 3.90. The molecule has 3 rings (SSSR count). The van der Waals surface area contributed by atoms with Crippen molar-refractivity contribution in [2.24, 2.45) is 5.92 Å². The molecule has 0 spiro atoms. The van der Waals surface area contributed by atoms with Crippen LogP contribution in [0.25, 0.3) is 0 Å². The molecule has 0 saturated heterocycles. The summed E-state index contributed by atoms with van der Waals surface area (Å²) < 4.78 is 5.39. The Morgan fingerprint density at radius 2 is 2.00 bits per heavy atom. The minimum absolute atomic E-state index is 0.0680. The first-order valence-corrected chi connectivity index (χ1v) is 8.98. The Morgan fingerprint density at radius 1 is 1.18 bits per heavy atom. The molecular weight excluding hydrogens is 278 g/mol. The average molecular weight is 307 g/mol. The summed E-state index contributed by atoms with van der Waals surface area (Å²) in [7, 11) is 0. The lowest BCUT2D eigenvalue weighted by Gasteiger charge is -2.31. The topological polar surface area (TPSA) is 71.2 Å². The maximum absolute atomic E-state index is 9.75. The summed E-state index contributed by atoms with van der Waals surface area (Å²) in [5.74, 6) is 2.77. The Balaban J connectivity index is 1.40. The molecule has 2 aliphatic carbocycles. The monoisotopic (exact) mass is 307 g/mol. The lowest BCUT2D eigenvalue weighted by Crippen LogP contribution is -2.37. The van der Waals surface area contributed by atoms with Crippen molar-refractivity contribution in [3.8, 4) is 0 Å². The zero-order chi connectivity index (χ0) is 15.4. The summed E-state index contributed by atoms with van der Waals surface area (Å²) in [5, 5.41) is 17.5. The molecule has 124 valence electrons. The van der Waals surface area contributed by atoms with Crippen molar-refractivity contribution in [3.63, 3.8) is 0 Å². The molecule has 0 bridgehead atoms. The number of nitrogens with zero attached hydrogens (tertiary/aromatic N) is 2. The van der Waals surface area contributed by atoms with Crippen LogP contribution in [0.3, 0.4) is 0 Å². The summed E-state index contributed by atoms with van der Waals surface area (Å²) in [6, 6.07) is 0.615. The third-order valence-corrected chi connectivity index (χ3v) is 5.33. The van der Waals surface area contributed by atoms with E-state index in [2.05, 4.69) is 22.4 Å². The molecule has 5 heteroatoms. The van der Waals surface area contributed by atoms with Gasteiger partial charge in [-0.3, -0.25) is 0 Å². The van der Waals surface area contributed by atoms with Gasteiger partial charge in [0.1, 0.15) is 0 Å². The Labute approximate surface area is 132 Å². The molecule has 1 heterocycles. The van der Waals surface area contributed by atoms with Crippen LogP contribution in [-0.2, 0) is 6.42 Å². The van der Waals surface area contributed by atoms with E-state index in [1.807, 2.05) is 0 Å². The van der Waals surface area contributed by atoms with Crippen LogP contribution in [0.1, 0.15) is 75.9 Å². The van der Waals surface area contributed by atoms with E-state index in [4.69, 9.17) is 4.52 Å². The SMILES string of the molecule is CCc1noc(C2CCC(NCC3CCCC(O)C3)CC2)n1. The Bertz CT molecular complexity index is 455. The number of aliphatic hydroxyl groups is 1. The van der Waals surface area contributed by atoms with E-state index in [0.717, 1.165) is 50.4 Å². The second kappa shape index (κ2) is 7.55. The molecule has 2 saturated carbocycles. The minimum atomic E-state index is -0.0680. The smallest absolute Gasteiger partial charge is 0.229 e. The van der Waals surface area contributed by atoms with Crippen LogP contribution in [0.5, 0.6) is 0 Å². The molecule has 1 aromatic rings. The van der Waals surface area contributed by atoms with Gasteiger partial charge >= 0.3 is 0 Å². The molecule has 0 radical (unpaired) electrons. The van der Waals surface area contributed by atoms with Crippen LogP contribution >= 0.6 is 0 Å². The Morgan fingerprint density at radius 3 is 2.68 bits per heavy atom. The molecule has 1 aromatic heterocycles. The van der Waals surface area contributed by atoms with Gasteiger partial charge in [-0.25, -0.2) is 0 Å². The van der Waals surface area contributed by atoms with Gasteiger partial charge in [-0.05, 0) is 57.4 Å². The molecular formula is C17H29N3O2. The molecule has 2 unspecified atom stereocenters. The first kappa shape index (κ1) is 15.9. The molecule has 2 fully saturated rings.